The summed E-state index contributed by atoms with van der Waals surface area (Å²) in [4.78, 5) is 27.0. The first-order chi connectivity index (χ1) is 13.7. The summed E-state index contributed by atoms with van der Waals surface area (Å²) in [6.07, 6.45) is 5.43. The molecular formula is C22H24N4O2. The molecule has 3 heterocycles. The quantitative estimate of drug-likeness (QED) is 0.686. The molecule has 0 bridgehead atoms. The van der Waals surface area contributed by atoms with Crippen molar-refractivity contribution in [1.82, 2.24) is 19.5 Å². The number of aromatic nitrogens is 3. The van der Waals surface area contributed by atoms with Crippen molar-refractivity contribution >= 4 is 11.6 Å². The zero-order valence-electron chi connectivity index (χ0n) is 15.8. The largest absolute Gasteiger partial charge is 0.343 e. The maximum Gasteiger partial charge on any atom is 0.279 e. The van der Waals surface area contributed by atoms with E-state index in [1.54, 1.807) is 18.3 Å². The van der Waals surface area contributed by atoms with Crippen LogP contribution in [0.5, 0.6) is 0 Å². The van der Waals surface area contributed by atoms with Gasteiger partial charge in [-0.05, 0) is 42.9 Å². The van der Waals surface area contributed by atoms with Crippen molar-refractivity contribution in [3.8, 4) is 0 Å². The molecule has 0 unspecified atom stereocenters. The van der Waals surface area contributed by atoms with Gasteiger partial charge in [0.05, 0.1) is 0 Å². The van der Waals surface area contributed by atoms with Crippen LogP contribution in [0.3, 0.4) is 0 Å². The van der Waals surface area contributed by atoms with Gasteiger partial charge in [0.2, 0.25) is 5.91 Å². The zero-order chi connectivity index (χ0) is 19.3. The molecule has 6 nitrogen and oxygen atoms in total. The number of carbonyl (C=O) groups is 1. The van der Waals surface area contributed by atoms with E-state index in [9.17, 15) is 9.59 Å². The monoisotopic (exact) mass is 376 g/mol. The van der Waals surface area contributed by atoms with Crippen LogP contribution in [0, 0.1) is 5.92 Å². The Morgan fingerprint density at radius 2 is 1.75 bits per heavy atom. The predicted molar refractivity (Wildman–Crippen MR) is 107 cm³/mol. The topological polar surface area (TPSA) is 67.6 Å². The van der Waals surface area contributed by atoms with Crippen LogP contribution in [0.25, 0.3) is 5.65 Å². The highest BCUT2D eigenvalue weighted by Gasteiger charge is 2.23. The second-order valence-corrected chi connectivity index (χ2v) is 7.39. The predicted octanol–water partition coefficient (Wildman–Crippen LogP) is 2.50. The fourth-order valence-electron chi connectivity index (χ4n) is 3.85. The summed E-state index contributed by atoms with van der Waals surface area (Å²) in [5.74, 6) is 0.722. The number of amides is 1. The first-order valence-electron chi connectivity index (χ1n) is 9.85. The summed E-state index contributed by atoms with van der Waals surface area (Å²) in [5.41, 5.74) is 2.03. The maximum absolute atomic E-state index is 12.6. The van der Waals surface area contributed by atoms with E-state index in [0.717, 1.165) is 32.4 Å². The first-order valence-corrected chi connectivity index (χ1v) is 9.85. The Bertz CT molecular complexity index is 1010. The SMILES string of the molecule is O=C(CCc1nnc2ccccn2c1=O)N1CCC(Cc2ccccc2)CC1. The number of hydrogen-bond donors (Lipinski definition) is 0. The number of benzene rings is 1. The number of carbonyl (C=O) groups excluding carboxylic acids is 1. The van der Waals surface area contributed by atoms with Crippen molar-refractivity contribution in [2.45, 2.75) is 32.1 Å². The standard InChI is InChI=1S/C22H24N4O2/c27-21(10-9-19-22(28)26-13-5-4-8-20(26)24-23-19)25-14-11-18(12-15-25)16-17-6-2-1-3-7-17/h1-8,13,18H,9-12,14-16H2. The van der Waals surface area contributed by atoms with Crippen molar-refractivity contribution in [1.29, 1.82) is 0 Å². The van der Waals surface area contributed by atoms with E-state index in [1.165, 1.54) is 9.96 Å². The van der Waals surface area contributed by atoms with Gasteiger partial charge in [-0.25, -0.2) is 0 Å². The molecule has 1 aliphatic heterocycles. The van der Waals surface area contributed by atoms with E-state index in [-0.39, 0.29) is 11.5 Å². The molecule has 144 valence electrons. The van der Waals surface area contributed by atoms with Crippen LogP contribution in [0.4, 0.5) is 0 Å². The number of hydrogen-bond acceptors (Lipinski definition) is 4. The minimum atomic E-state index is -0.194. The average molecular weight is 376 g/mol. The van der Waals surface area contributed by atoms with Crippen LogP contribution in [0.2, 0.25) is 0 Å². The molecule has 1 amide bonds. The fourth-order valence-corrected chi connectivity index (χ4v) is 3.85. The van der Waals surface area contributed by atoms with Gasteiger partial charge in [0, 0.05) is 32.1 Å². The minimum Gasteiger partial charge on any atom is -0.343 e. The molecule has 1 aromatic carbocycles. The maximum atomic E-state index is 12.6. The lowest BCUT2D eigenvalue weighted by molar-refractivity contribution is -0.132. The van der Waals surface area contributed by atoms with Crippen molar-refractivity contribution in [3.05, 3.63) is 76.3 Å². The van der Waals surface area contributed by atoms with Gasteiger partial charge in [0.25, 0.3) is 5.56 Å². The van der Waals surface area contributed by atoms with Crippen molar-refractivity contribution in [3.63, 3.8) is 0 Å². The number of likely N-dealkylation sites (tertiary alicyclic amines) is 1. The van der Waals surface area contributed by atoms with Crippen LogP contribution >= 0.6 is 0 Å². The molecule has 0 aliphatic carbocycles. The van der Waals surface area contributed by atoms with Gasteiger partial charge in [0.15, 0.2) is 5.65 Å². The van der Waals surface area contributed by atoms with Crippen LogP contribution < -0.4 is 5.56 Å². The molecule has 3 aromatic rings. The molecule has 2 aromatic heterocycles. The smallest absolute Gasteiger partial charge is 0.279 e. The lowest BCUT2D eigenvalue weighted by Gasteiger charge is -2.32. The Morgan fingerprint density at radius 3 is 2.54 bits per heavy atom. The Morgan fingerprint density at radius 1 is 1.00 bits per heavy atom. The van der Waals surface area contributed by atoms with Gasteiger partial charge in [-0.1, -0.05) is 36.4 Å². The molecule has 28 heavy (non-hydrogen) atoms. The Labute approximate surface area is 163 Å². The Kier molecular flexibility index (Phi) is 5.46. The second kappa shape index (κ2) is 8.33. The van der Waals surface area contributed by atoms with E-state index < -0.39 is 0 Å². The molecule has 4 rings (SSSR count). The second-order valence-electron chi connectivity index (χ2n) is 7.39. The van der Waals surface area contributed by atoms with Gasteiger partial charge in [-0.15, -0.1) is 10.2 Å². The third-order valence-electron chi connectivity index (χ3n) is 5.49. The van der Waals surface area contributed by atoms with Gasteiger partial charge in [-0.3, -0.25) is 14.0 Å². The molecule has 1 aliphatic rings. The molecule has 0 radical (unpaired) electrons. The lowest BCUT2D eigenvalue weighted by Crippen LogP contribution is -2.39. The van der Waals surface area contributed by atoms with Crippen molar-refractivity contribution in [2.75, 3.05) is 13.1 Å². The van der Waals surface area contributed by atoms with Crippen LogP contribution in [-0.2, 0) is 17.6 Å². The fraction of sp³-hybridized carbons (Fsp3) is 0.364. The normalized spacial score (nSPS) is 15.1. The Balaban J connectivity index is 1.30. The third kappa shape index (κ3) is 4.11. The average Bonchev–Trinajstić information content (AvgIpc) is 2.74. The molecule has 1 fully saturated rings. The van der Waals surface area contributed by atoms with Crippen LogP contribution in [0.15, 0.2) is 59.5 Å². The molecule has 0 N–H and O–H groups in total. The number of piperidine rings is 1. The van der Waals surface area contributed by atoms with Gasteiger partial charge in [-0.2, -0.15) is 0 Å². The number of aryl methyl sites for hydroxylation is 1. The molecule has 1 saturated heterocycles. The molecule has 0 atom stereocenters. The van der Waals surface area contributed by atoms with Gasteiger partial charge >= 0.3 is 0 Å². The van der Waals surface area contributed by atoms with E-state index >= 15 is 0 Å². The van der Waals surface area contributed by atoms with Gasteiger partial charge < -0.3 is 4.90 Å². The van der Waals surface area contributed by atoms with E-state index in [1.807, 2.05) is 17.0 Å². The molecule has 6 heteroatoms. The number of fused-ring (bicyclic) bond motifs is 1. The van der Waals surface area contributed by atoms with Gasteiger partial charge in [0.1, 0.15) is 5.69 Å². The van der Waals surface area contributed by atoms with Crippen molar-refractivity contribution < 1.29 is 4.79 Å². The lowest BCUT2D eigenvalue weighted by atomic mass is 9.90. The molecular weight excluding hydrogens is 352 g/mol. The highest BCUT2D eigenvalue weighted by molar-refractivity contribution is 5.76. The highest BCUT2D eigenvalue weighted by atomic mass is 16.2. The van der Waals surface area contributed by atoms with Crippen molar-refractivity contribution in [2.24, 2.45) is 5.92 Å². The molecule has 0 saturated carbocycles. The number of pyridine rings is 1. The third-order valence-corrected chi connectivity index (χ3v) is 5.49. The first kappa shape index (κ1) is 18.3. The summed E-state index contributed by atoms with van der Waals surface area (Å²) in [6, 6.07) is 15.9. The van der Waals surface area contributed by atoms with E-state index in [2.05, 4.69) is 34.5 Å². The summed E-state index contributed by atoms with van der Waals surface area (Å²) in [6.45, 7) is 1.58. The Hall–Kier alpha value is -3.02. The number of rotatable bonds is 5. The molecule has 0 spiro atoms. The van der Waals surface area contributed by atoms with Crippen LogP contribution in [0.1, 0.15) is 30.5 Å². The summed E-state index contributed by atoms with van der Waals surface area (Å²) < 4.78 is 1.47. The van der Waals surface area contributed by atoms with E-state index in [4.69, 9.17) is 0 Å². The highest BCUT2D eigenvalue weighted by Crippen LogP contribution is 2.22. The van der Waals surface area contributed by atoms with Crippen LogP contribution in [-0.4, -0.2) is 38.5 Å². The zero-order valence-corrected chi connectivity index (χ0v) is 15.8. The minimum absolute atomic E-state index is 0.0949. The summed E-state index contributed by atoms with van der Waals surface area (Å²) in [5, 5.41) is 8.10. The van der Waals surface area contributed by atoms with E-state index in [0.29, 0.717) is 30.1 Å². The number of nitrogens with zero attached hydrogens (tertiary/aromatic N) is 4. The summed E-state index contributed by atoms with van der Waals surface area (Å²) in [7, 11) is 0. The summed E-state index contributed by atoms with van der Waals surface area (Å²) >= 11 is 0.